The number of ether oxygens (including phenoxy) is 1. The standard InChI is InChI=1S/C22H18N4O5S/c1-3-31-22(28)19-17(14-4-6-16(7-5-14)26(29)30)12-32-21(19)24-20(27)15-8-9-25-11-13(2)23-18(25)10-15/h4-12H,3H2,1-2H3,(H,24,27). The van der Waals surface area contributed by atoms with E-state index in [1.807, 2.05) is 17.5 Å². The van der Waals surface area contributed by atoms with E-state index in [-0.39, 0.29) is 17.9 Å². The maximum Gasteiger partial charge on any atom is 0.341 e. The summed E-state index contributed by atoms with van der Waals surface area (Å²) in [5.41, 5.74) is 3.14. The Bertz CT molecular complexity index is 1340. The van der Waals surface area contributed by atoms with Gasteiger partial charge in [-0.1, -0.05) is 0 Å². The minimum absolute atomic E-state index is 0.0557. The van der Waals surface area contributed by atoms with Crippen molar-refractivity contribution in [1.29, 1.82) is 0 Å². The highest BCUT2D eigenvalue weighted by Crippen LogP contribution is 2.37. The van der Waals surface area contributed by atoms with Crippen molar-refractivity contribution in [2.24, 2.45) is 0 Å². The first-order valence-electron chi connectivity index (χ1n) is 9.67. The third kappa shape index (κ3) is 4.08. The molecule has 0 saturated heterocycles. The number of amides is 1. The predicted molar refractivity (Wildman–Crippen MR) is 120 cm³/mol. The summed E-state index contributed by atoms with van der Waals surface area (Å²) in [4.78, 5) is 40.4. The van der Waals surface area contributed by atoms with Crippen molar-refractivity contribution in [3.63, 3.8) is 0 Å². The second-order valence-corrected chi connectivity index (χ2v) is 7.77. The summed E-state index contributed by atoms with van der Waals surface area (Å²) in [6, 6.07) is 9.17. The molecule has 32 heavy (non-hydrogen) atoms. The molecular formula is C22H18N4O5S. The Morgan fingerprint density at radius 1 is 1.25 bits per heavy atom. The lowest BCUT2D eigenvalue weighted by Crippen LogP contribution is -2.15. The number of carbonyl (C=O) groups excluding carboxylic acids is 2. The number of carbonyl (C=O) groups is 2. The highest BCUT2D eigenvalue weighted by Gasteiger charge is 2.23. The lowest BCUT2D eigenvalue weighted by Gasteiger charge is -2.09. The third-order valence-electron chi connectivity index (χ3n) is 4.73. The third-order valence-corrected chi connectivity index (χ3v) is 5.63. The van der Waals surface area contributed by atoms with Gasteiger partial charge in [0.25, 0.3) is 11.6 Å². The van der Waals surface area contributed by atoms with Gasteiger partial charge in [-0.15, -0.1) is 11.3 Å². The molecule has 4 aromatic rings. The van der Waals surface area contributed by atoms with Gasteiger partial charge in [-0.2, -0.15) is 0 Å². The number of rotatable bonds is 6. The molecule has 1 N–H and O–H groups in total. The molecule has 0 aliphatic heterocycles. The fourth-order valence-electron chi connectivity index (χ4n) is 3.26. The van der Waals surface area contributed by atoms with E-state index >= 15 is 0 Å². The first kappa shape index (κ1) is 21.2. The maximum absolute atomic E-state index is 12.9. The highest BCUT2D eigenvalue weighted by atomic mass is 32.1. The van der Waals surface area contributed by atoms with Crippen LogP contribution in [0.25, 0.3) is 16.8 Å². The number of imidazole rings is 1. The monoisotopic (exact) mass is 450 g/mol. The molecule has 1 amide bonds. The van der Waals surface area contributed by atoms with Crippen molar-refractivity contribution in [2.45, 2.75) is 13.8 Å². The maximum atomic E-state index is 12.9. The SMILES string of the molecule is CCOC(=O)c1c(-c2ccc([N+](=O)[O-])cc2)csc1NC(=O)c1ccn2cc(C)nc2c1. The van der Waals surface area contributed by atoms with Crippen LogP contribution in [0, 0.1) is 17.0 Å². The number of benzene rings is 1. The number of aryl methyl sites for hydroxylation is 1. The molecule has 0 spiro atoms. The Morgan fingerprint density at radius 3 is 2.69 bits per heavy atom. The number of nitro groups is 1. The van der Waals surface area contributed by atoms with Crippen LogP contribution in [0.5, 0.6) is 0 Å². The van der Waals surface area contributed by atoms with Crippen molar-refractivity contribution >= 4 is 39.5 Å². The summed E-state index contributed by atoms with van der Waals surface area (Å²) in [5, 5.41) is 15.8. The van der Waals surface area contributed by atoms with Crippen molar-refractivity contribution in [3.8, 4) is 11.1 Å². The van der Waals surface area contributed by atoms with Crippen molar-refractivity contribution in [2.75, 3.05) is 11.9 Å². The molecule has 0 bridgehead atoms. The van der Waals surface area contributed by atoms with Gasteiger partial charge in [0.15, 0.2) is 0 Å². The fourth-order valence-corrected chi connectivity index (χ4v) is 4.21. The van der Waals surface area contributed by atoms with Crippen LogP contribution >= 0.6 is 11.3 Å². The van der Waals surface area contributed by atoms with E-state index in [4.69, 9.17) is 4.74 Å². The number of nitrogens with one attached hydrogen (secondary N) is 1. The number of thiophene rings is 1. The van der Waals surface area contributed by atoms with Gasteiger partial charge in [0.05, 0.1) is 17.2 Å². The lowest BCUT2D eigenvalue weighted by molar-refractivity contribution is -0.384. The number of esters is 1. The highest BCUT2D eigenvalue weighted by molar-refractivity contribution is 7.15. The zero-order valence-electron chi connectivity index (χ0n) is 17.2. The van der Waals surface area contributed by atoms with Gasteiger partial charge < -0.3 is 14.5 Å². The van der Waals surface area contributed by atoms with Crippen molar-refractivity contribution in [1.82, 2.24) is 9.38 Å². The summed E-state index contributed by atoms with van der Waals surface area (Å²) in [5.74, 6) is -0.979. The Balaban J connectivity index is 1.68. The minimum Gasteiger partial charge on any atom is -0.462 e. The van der Waals surface area contributed by atoms with E-state index in [0.29, 0.717) is 27.3 Å². The van der Waals surface area contributed by atoms with Crippen LogP contribution in [0.3, 0.4) is 0 Å². The molecule has 10 heteroatoms. The molecule has 0 atom stereocenters. The Labute approximate surface area is 186 Å². The summed E-state index contributed by atoms with van der Waals surface area (Å²) in [7, 11) is 0. The number of hydrogen-bond donors (Lipinski definition) is 1. The molecule has 4 rings (SSSR count). The molecule has 1 aromatic carbocycles. The summed E-state index contributed by atoms with van der Waals surface area (Å²) in [6.07, 6.45) is 3.60. The predicted octanol–water partition coefficient (Wildman–Crippen LogP) is 4.71. The molecule has 9 nitrogen and oxygen atoms in total. The average molecular weight is 450 g/mol. The lowest BCUT2D eigenvalue weighted by atomic mass is 10.0. The summed E-state index contributed by atoms with van der Waals surface area (Å²) < 4.78 is 7.01. The number of pyridine rings is 1. The van der Waals surface area contributed by atoms with Crippen LogP contribution < -0.4 is 5.32 Å². The number of nitrogens with zero attached hydrogens (tertiary/aromatic N) is 3. The van der Waals surface area contributed by atoms with Crippen LogP contribution in [0.4, 0.5) is 10.7 Å². The molecule has 0 saturated carbocycles. The van der Waals surface area contributed by atoms with Gasteiger partial charge in [-0.25, -0.2) is 9.78 Å². The molecule has 0 fully saturated rings. The van der Waals surface area contributed by atoms with Crippen LogP contribution in [-0.4, -0.2) is 32.8 Å². The van der Waals surface area contributed by atoms with E-state index in [0.717, 1.165) is 5.69 Å². The Morgan fingerprint density at radius 2 is 2.00 bits per heavy atom. The molecule has 3 heterocycles. The second kappa shape index (κ2) is 8.60. The van der Waals surface area contributed by atoms with Crippen molar-refractivity contribution < 1.29 is 19.2 Å². The average Bonchev–Trinajstić information content (AvgIpc) is 3.35. The van der Waals surface area contributed by atoms with Crippen LogP contribution in [0.2, 0.25) is 0 Å². The number of non-ortho nitro benzene ring substituents is 1. The summed E-state index contributed by atoms with van der Waals surface area (Å²) >= 11 is 1.18. The molecular weight excluding hydrogens is 432 g/mol. The van der Waals surface area contributed by atoms with E-state index < -0.39 is 16.8 Å². The zero-order chi connectivity index (χ0) is 22.8. The molecule has 0 unspecified atom stereocenters. The van der Waals surface area contributed by atoms with E-state index in [1.165, 1.54) is 23.5 Å². The van der Waals surface area contributed by atoms with Gasteiger partial charge in [-0.3, -0.25) is 14.9 Å². The van der Waals surface area contributed by atoms with Gasteiger partial charge in [-0.05, 0) is 43.7 Å². The van der Waals surface area contributed by atoms with Crippen LogP contribution in [-0.2, 0) is 4.74 Å². The second-order valence-electron chi connectivity index (χ2n) is 6.90. The molecule has 162 valence electrons. The largest absolute Gasteiger partial charge is 0.462 e. The van der Waals surface area contributed by atoms with E-state index in [1.54, 1.807) is 42.8 Å². The fraction of sp³-hybridized carbons (Fsp3) is 0.136. The zero-order valence-corrected chi connectivity index (χ0v) is 18.0. The number of anilines is 1. The van der Waals surface area contributed by atoms with Crippen molar-refractivity contribution in [3.05, 3.63) is 81.1 Å². The van der Waals surface area contributed by atoms with Gasteiger partial charge in [0, 0.05) is 41.0 Å². The molecule has 0 aliphatic rings. The van der Waals surface area contributed by atoms with Gasteiger partial charge in [0.2, 0.25) is 0 Å². The van der Waals surface area contributed by atoms with E-state index in [2.05, 4.69) is 10.3 Å². The molecule has 3 aromatic heterocycles. The summed E-state index contributed by atoms with van der Waals surface area (Å²) in [6.45, 7) is 3.72. The van der Waals surface area contributed by atoms with Crippen LogP contribution in [0.1, 0.15) is 33.3 Å². The normalized spacial score (nSPS) is 10.8. The smallest absolute Gasteiger partial charge is 0.341 e. The molecule has 0 radical (unpaired) electrons. The number of nitro benzene ring substituents is 1. The first-order chi connectivity index (χ1) is 15.4. The first-order valence-corrected chi connectivity index (χ1v) is 10.6. The topological polar surface area (TPSA) is 116 Å². The quantitative estimate of drug-likeness (QED) is 0.258. The van der Waals surface area contributed by atoms with E-state index in [9.17, 15) is 19.7 Å². The van der Waals surface area contributed by atoms with Gasteiger partial charge >= 0.3 is 5.97 Å². The van der Waals surface area contributed by atoms with Crippen LogP contribution in [0.15, 0.2) is 54.2 Å². The number of hydrogen-bond acceptors (Lipinski definition) is 7. The minimum atomic E-state index is -0.586. The number of aromatic nitrogens is 2. The Kier molecular flexibility index (Phi) is 5.69. The molecule has 0 aliphatic carbocycles. The Hall–Kier alpha value is -4.05. The van der Waals surface area contributed by atoms with Gasteiger partial charge in [0.1, 0.15) is 16.2 Å². The number of fused-ring (bicyclic) bond motifs is 1.